The van der Waals surface area contributed by atoms with Gasteiger partial charge in [-0.25, -0.2) is 14.5 Å². The molecule has 1 aliphatic heterocycles. The molecular formula is C24H29N7O2. The largest absolute Gasteiger partial charge is 0.387 e. The van der Waals surface area contributed by atoms with Crippen molar-refractivity contribution >= 4 is 22.9 Å². The Hall–Kier alpha value is -3.30. The van der Waals surface area contributed by atoms with Crippen molar-refractivity contribution in [3.05, 3.63) is 59.3 Å². The molecule has 0 spiro atoms. The molecule has 1 fully saturated rings. The number of hydrogen-bond acceptors (Lipinski definition) is 7. The number of aromatic nitrogens is 5. The van der Waals surface area contributed by atoms with Gasteiger partial charge in [0.25, 0.3) is 0 Å². The van der Waals surface area contributed by atoms with E-state index >= 15 is 0 Å². The molecule has 0 aliphatic carbocycles. The second kappa shape index (κ2) is 9.68. The van der Waals surface area contributed by atoms with E-state index in [0.717, 1.165) is 68.1 Å². The summed E-state index contributed by atoms with van der Waals surface area (Å²) in [7, 11) is 0. The second-order valence-electron chi connectivity index (χ2n) is 8.33. The van der Waals surface area contributed by atoms with E-state index in [0.29, 0.717) is 5.82 Å². The third kappa shape index (κ3) is 4.60. The number of nitrogens with zero attached hydrogens (tertiary/aromatic N) is 7. The molecule has 0 radical (unpaired) electrons. The molecule has 4 aromatic rings. The predicted octanol–water partition coefficient (Wildman–Crippen LogP) is 2.97. The van der Waals surface area contributed by atoms with Crippen LogP contribution in [0.25, 0.3) is 16.7 Å². The van der Waals surface area contributed by atoms with E-state index < -0.39 is 0 Å². The van der Waals surface area contributed by atoms with Gasteiger partial charge in [-0.15, -0.1) is 5.10 Å². The van der Waals surface area contributed by atoms with E-state index in [9.17, 15) is 0 Å². The van der Waals surface area contributed by atoms with E-state index in [1.807, 2.05) is 30.3 Å². The van der Waals surface area contributed by atoms with Gasteiger partial charge >= 0.3 is 0 Å². The fraction of sp³-hybridized carbons (Fsp3) is 0.417. The minimum atomic E-state index is 0.199. The molecule has 4 heterocycles. The number of ether oxygens (including phenoxy) is 1. The predicted molar refractivity (Wildman–Crippen MR) is 126 cm³/mol. The van der Waals surface area contributed by atoms with E-state index in [-0.39, 0.29) is 6.61 Å². The summed E-state index contributed by atoms with van der Waals surface area (Å²) in [5.41, 5.74) is 5.16. The fourth-order valence-corrected chi connectivity index (χ4v) is 4.32. The van der Waals surface area contributed by atoms with Crippen LogP contribution in [0.4, 0.5) is 0 Å². The highest BCUT2D eigenvalue weighted by molar-refractivity contribution is 5.93. The molecule has 1 saturated heterocycles. The van der Waals surface area contributed by atoms with Gasteiger partial charge in [0.2, 0.25) is 0 Å². The van der Waals surface area contributed by atoms with Crippen LogP contribution in [-0.4, -0.2) is 68.1 Å². The highest BCUT2D eigenvalue weighted by Crippen LogP contribution is 2.27. The van der Waals surface area contributed by atoms with Crippen molar-refractivity contribution in [2.45, 2.75) is 33.4 Å². The molecule has 0 bridgehead atoms. The molecular weight excluding hydrogens is 418 g/mol. The lowest BCUT2D eigenvalue weighted by Gasteiger charge is -2.26. The van der Waals surface area contributed by atoms with Crippen molar-refractivity contribution in [3.63, 3.8) is 0 Å². The first-order valence-electron chi connectivity index (χ1n) is 11.4. The van der Waals surface area contributed by atoms with E-state index in [1.54, 1.807) is 17.1 Å². The van der Waals surface area contributed by atoms with Gasteiger partial charge in [0.15, 0.2) is 18.1 Å². The standard InChI is InChI=1S/C24H29N7O2/c1-18-19(2)30(10-6-9-29-11-13-32-14-12-29)23-22(18)24-27-21(28-31(24)17-25-23)16-33-26-15-20-7-4-3-5-8-20/h3-5,7-8,15,17H,6,9-14,16H2,1-2H3/b26-15+. The number of oxime groups is 1. The summed E-state index contributed by atoms with van der Waals surface area (Å²) in [6.45, 7) is 10.2. The molecule has 9 heteroatoms. The molecule has 5 rings (SSSR count). The minimum Gasteiger partial charge on any atom is -0.387 e. The summed E-state index contributed by atoms with van der Waals surface area (Å²) in [6.07, 6.45) is 4.49. The van der Waals surface area contributed by atoms with Gasteiger partial charge in [-0.1, -0.05) is 35.5 Å². The molecule has 9 nitrogen and oxygen atoms in total. The van der Waals surface area contributed by atoms with Crippen LogP contribution in [0.3, 0.4) is 0 Å². The van der Waals surface area contributed by atoms with Gasteiger partial charge in [0.1, 0.15) is 12.0 Å². The molecule has 0 unspecified atom stereocenters. The van der Waals surface area contributed by atoms with Crippen LogP contribution in [-0.2, 0) is 22.7 Å². The summed E-state index contributed by atoms with van der Waals surface area (Å²) >= 11 is 0. The molecule has 0 amide bonds. The smallest absolute Gasteiger partial charge is 0.192 e. The highest BCUT2D eigenvalue weighted by Gasteiger charge is 2.18. The molecule has 1 aromatic carbocycles. The molecule has 3 aromatic heterocycles. The summed E-state index contributed by atoms with van der Waals surface area (Å²) < 4.78 is 9.48. The summed E-state index contributed by atoms with van der Waals surface area (Å²) in [5, 5.41) is 9.61. The van der Waals surface area contributed by atoms with Gasteiger partial charge in [-0.2, -0.15) is 0 Å². The van der Waals surface area contributed by atoms with Crippen molar-refractivity contribution in [3.8, 4) is 0 Å². The average molecular weight is 448 g/mol. The normalized spacial score (nSPS) is 15.2. The molecule has 0 saturated carbocycles. The quantitative estimate of drug-likeness (QED) is 0.305. The molecule has 172 valence electrons. The lowest BCUT2D eigenvalue weighted by atomic mass is 10.2. The van der Waals surface area contributed by atoms with Crippen LogP contribution in [0.5, 0.6) is 0 Å². The molecule has 0 atom stereocenters. The maximum Gasteiger partial charge on any atom is 0.192 e. The SMILES string of the molecule is Cc1c(C)n(CCCN2CCOCC2)c2ncn3nc(CO/N=C/c4ccccc4)nc3c12. The van der Waals surface area contributed by atoms with E-state index in [2.05, 4.69) is 33.6 Å². The molecule has 33 heavy (non-hydrogen) atoms. The molecule has 1 aliphatic rings. The van der Waals surface area contributed by atoms with Gasteiger partial charge in [-0.05, 0) is 31.4 Å². The van der Waals surface area contributed by atoms with Crippen LogP contribution >= 0.6 is 0 Å². The maximum atomic E-state index is 5.45. The average Bonchev–Trinajstić information content (AvgIpc) is 3.37. The third-order valence-electron chi connectivity index (χ3n) is 6.22. The van der Waals surface area contributed by atoms with E-state index in [4.69, 9.17) is 19.5 Å². The van der Waals surface area contributed by atoms with Crippen LogP contribution in [0.2, 0.25) is 0 Å². The second-order valence-corrected chi connectivity index (χ2v) is 8.33. The van der Waals surface area contributed by atoms with Crippen molar-refractivity contribution in [1.82, 2.24) is 29.0 Å². The lowest BCUT2D eigenvalue weighted by Crippen LogP contribution is -2.37. The zero-order valence-electron chi connectivity index (χ0n) is 19.1. The van der Waals surface area contributed by atoms with Crippen LogP contribution in [0.1, 0.15) is 29.1 Å². The first-order valence-corrected chi connectivity index (χ1v) is 11.4. The third-order valence-corrected chi connectivity index (χ3v) is 6.22. The zero-order valence-corrected chi connectivity index (χ0v) is 19.1. The van der Waals surface area contributed by atoms with Crippen molar-refractivity contribution in [2.75, 3.05) is 32.8 Å². The van der Waals surface area contributed by atoms with Gasteiger partial charge in [0, 0.05) is 31.9 Å². The Labute approximate surface area is 192 Å². The summed E-state index contributed by atoms with van der Waals surface area (Å²) in [6, 6.07) is 9.82. The first kappa shape index (κ1) is 21.5. The number of benzene rings is 1. The van der Waals surface area contributed by atoms with E-state index in [1.165, 1.54) is 11.3 Å². The van der Waals surface area contributed by atoms with Crippen molar-refractivity contribution < 1.29 is 9.57 Å². The number of hydrogen-bond donors (Lipinski definition) is 0. The Kier molecular flexibility index (Phi) is 6.32. The first-order chi connectivity index (χ1) is 16.2. The van der Waals surface area contributed by atoms with Crippen LogP contribution in [0, 0.1) is 13.8 Å². The Morgan fingerprint density at radius 2 is 1.91 bits per heavy atom. The Morgan fingerprint density at radius 3 is 2.73 bits per heavy atom. The Morgan fingerprint density at radius 1 is 1.09 bits per heavy atom. The maximum absolute atomic E-state index is 5.45. The van der Waals surface area contributed by atoms with Crippen molar-refractivity contribution in [1.29, 1.82) is 0 Å². The van der Waals surface area contributed by atoms with Gasteiger partial charge in [-0.3, -0.25) is 4.90 Å². The monoisotopic (exact) mass is 447 g/mol. The lowest BCUT2D eigenvalue weighted by molar-refractivity contribution is 0.0369. The van der Waals surface area contributed by atoms with Crippen LogP contribution < -0.4 is 0 Å². The summed E-state index contributed by atoms with van der Waals surface area (Å²) in [5.74, 6) is 0.576. The number of morpholine rings is 1. The van der Waals surface area contributed by atoms with Crippen molar-refractivity contribution in [2.24, 2.45) is 5.16 Å². The fourth-order valence-electron chi connectivity index (χ4n) is 4.32. The zero-order chi connectivity index (χ0) is 22.6. The Balaban J connectivity index is 1.31. The number of fused-ring (bicyclic) bond motifs is 3. The van der Waals surface area contributed by atoms with Gasteiger partial charge in [0.05, 0.1) is 24.8 Å². The summed E-state index contributed by atoms with van der Waals surface area (Å²) in [4.78, 5) is 17.4. The molecule has 0 N–H and O–H groups in total. The van der Waals surface area contributed by atoms with Gasteiger partial charge < -0.3 is 14.1 Å². The topological polar surface area (TPSA) is 82.1 Å². The number of aryl methyl sites for hydroxylation is 2. The number of rotatable bonds is 8. The minimum absolute atomic E-state index is 0.199. The highest BCUT2D eigenvalue weighted by atomic mass is 16.6. The Bertz CT molecular complexity index is 1260. The van der Waals surface area contributed by atoms with Crippen LogP contribution in [0.15, 0.2) is 41.8 Å².